The molecule has 172 valence electrons. The fourth-order valence-electron chi connectivity index (χ4n) is 4.31. The van der Waals surface area contributed by atoms with Crippen LogP contribution in [0.4, 0.5) is 11.6 Å². The van der Waals surface area contributed by atoms with Crippen LogP contribution in [0.3, 0.4) is 0 Å². The van der Waals surface area contributed by atoms with E-state index in [1.165, 1.54) is 23.5 Å². The number of aliphatic hydroxyl groups is 1. The highest BCUT2D eigenvalue weighted by Gasteiger charge is 2.20. The molecule has 0 saturated carbocycles. The molecule has 1 aliphatic carbocycles. The van der Waals surface area contributed by atoms with Crippen molar-refractivity contribution in [2.24, 2.45) is 0 Å². The Hall–Kier alpha value is -4.04. The van der Waals surface area contributed by atoms with E-state index in [2.05, 4.69) is 27.4 Å². The molecule has 0 amide bonds. The number of benzene rings is 2. The number of carbonyl (C=O) groups excluding carboxylic acids is 1. The Balaban J connectivity index is 1.67. The largest absolute Gasteiger partial charge is 0.462 e. The van der Waals surface area contributed by atoms with Crippen molar-refractivity contribution >= 4 is 28.6 Å². The SMILES string of the molecule is CCOC(=O)c1cn(-c2ccc3c(c2)CCC3)c2nc(Nc3cccc(CO)c3)ncc2c1=O. The van der Waals surface area contributed by atoms with E-state index in [9.17, 15) is 14.7 Å². The van der Waals surface area contributed by atoms with Crippen molar-refractivity contribution in [1.82, 2.24) is 14.5 Å². The van der Waals surface area contributed by atoms with E-state index in [4.69, 9.17) is 4.74 Å². The molecule has 4 aromatic rings. The summed E-state index contributed by atoms with van der Waals surface area (Å²) < 4.78 is 6.87. The van der Waals surface area contributed by atoms with Crippen LogP contribution in [0.1, 0.15) is 40.4 Å². The molecular formula is C26H24N4O4. The summed E-state index contributed by atoms with van der Waals surface area (Å²) in [5.41, 5.74) is 4.69. The smallest absolute Gasteiger partial charge is 0.343 e. The second-order valence-corrected chi connectivity index (χ2v) is 8.18. The van der Waals surface area contributed by atoms with Gasteiger partial charge in [-0.05, 0) is 67.1 Å². The zero-order valence-corrected chi connectivity index (χ0v) is 18.7. The van der Waals surface area contributed by atoms with Crippen LogP contribution >= 0.6 is 0 Å². The number of esters is 1. The van der Waals surface area contributed by atoms with E-state index >= 15 is 0 Å². The first-order chi connectivity index (χ1) is 16.6. The zero-order chi connectivity index (χ0) is 23.7. The summed E-state index contributed by atoms with van der Waals surface area (Å²) in [6.07, 6.45) is 6.09. The second-order valence-electron chi connectivity index (χ2n) is 8.18. The standard InChI is InChI=1S/C26H24N4O4/c1-2-34-25(33)22-14-30(20-10-9-17-6-4-7-18(17)12-20)24-21(23(22)32)13-27-26(29-24)28-19-8-3-5-16(11-19)15-31/h3,5,8-14,31H,2,4,6-7,15H2,1H3,(H,27,28,29). The first kappa shape index (κ1) is 21.8. The van der Waals surface area contributed by atoms with Gasteiger partial charge in [-0.1, -0.05) is 18.2 Å². The molecule has 34 heavy (non-hydrogen) atoms. The predicted octanol–water partition coefficient (Wildman–Crippen LogP) is 3.68. The third-order valence-electron chi connectivity index (χ3n) is 5.97. The molecule has 2 aromatic carbocycles. The molecule has 1 aliphatic rings. The van der Waals surface area contributed by atoms with E-state index in [1.54, 1.807) is 17.6 Å². The third-order valence-corrected chi connectivity index (χ3v) is 5.97. The Morgan fingerprint density at radius 1 is 1.18 bits per heavy atom. The van der Waals surface area contributed by atoms with Crippen LogP contribution in [0, 0.1) is 0 Å². The molecule has 0 atom stereocenters. The van der Waals surface area contributed by atoms with Crippen molar-refractivity contribution in [2.45, 2.75) is 32.8 Å². The van der Waals surface area contributed by atoms with Gasteiger partial charge in [-0.15, -0.1) is 0 Å². The predicted molar refractivity (Wildman–Crippen MR) is 129 cm³/mol. The first-order valence-corrected chi connectivity index (χ1v) is 11.3. The summed E-state index contributed by atoms with van der Waals surface area (Å²) in [4.78, 5) is 34.6. The minimum atomic E-state index is -0.674. The van der Waals surface area contributed by atoms with Crippen molar-refractivity contribution in [1.29, 1.82) is 0 Å². The number of hydrogen-bond donors (Lipinski definition) is 2. The maximum atomic E-state index is 13.1. The number of aliphatic hydroxyl groups excluding tert-OH is 1. The highest BCUT2D eigenvalue weighted by atomic mass is 16.5. The fourth-order valence-corrected chi connectivity index (χ4v) is 4.31. The lowest BCUT2D eigenvalue weighted by Gasteiger charge is -2.15. The van der Waals surface area contributed by atoms with Crippen LogP contribution in [0.2, 0.25) is 0 Å². The van der Waals surface area contributed by atoms with Gasteiger partial charge in [0.15, 0.2) is 5.65 Å². The van der Waals surface area contributed by atoms with Crippen LogP contribution in [0.25, 0.3) is 16.7 Å². The number of carbonyl (C=O) groups is 1. The molecule has 0 saturated heterocycles. The summed E-state index contributed by atoms with van der Waals surface area (Å²) in [7, 11) is 0. The molecular weight excluding hydrogens is 432 g/mol. The van der Waals surface area contributed by atoms with Gasteiger partial charge >= 0.3 is 5.97 Å². The maximum Gasteiger partial charge on any atom is 0.343 e. The topological polar surface area (TPSA) is 106 Å². The van der Waals surface area contributed by atoms with E-state index in [0.717, 1.165) is 30.5 Å². The Kier molecular flexibility index (Phi) is 5.81. The van der Waals surface area contributed by atoms with Crippen LogP contribution in [-0.4, -0.2) is 32.2 Å². The van der Waals surface area contributed by atoms with Gasteiger partial charge in [-0.3, -0.25) is 4.79 Å². The molecule has 0 unspecified atom stereocenters. The number of aryl methyl sites for hydroxylation is 2. The number of ether oxygens (including phenoxy) is 1. The Labute approximate surface area is 195 Å². The van der Waals surface area contributed by atoms with Gasteiger partial charge < -0.3 is 19.7 Å². The zero-order valence-electron chi connectivity index (χ0n) is 18.7. The molecule has 8 heteroatoms. The summed E-state index contributed by atoms with van der Waals surface area (Å²) in [6.45, 7) is 1.79. The Bertz CT molecular complexity index is 1460. The normalized spacial score (nSPS) is 12.5. The van der Waals surface area contributed by atoms with Crippen LogP contribution in [0.5, 0.6) is 0 Å². The number of nitrogens with zero attached hydrogens (tertiary/aromatic N) is 3. The van der Waals surface area contributed by atoms with E-state index in [0.29, 0.717) is 17.3 Å². The average molecular weight is 457 g/mol. The van der Waals surface area contributed by atoms with Crippen LogP contribution in [-0.2, 0) is 24.2 Å². The van der Waals surface area contributed by atoms with Crippen molar-refractivity contribution < 1.29 is 14.6 Å². The van der Waals surface area contributed by atoms with Crippen molar-refractivity contribution in [3.05, 3.63) is 87.3 Å². The number of nitrogens with one attached hydrogen (secondary N) is 1. The van der Waals surface area contributed by atoms with Gasteiger partial charge in [-0.25, -0.2) is 9.78 Å². The lowest BCUT2D eigenvalue weighted by molar-refractivity contribution is 0.0524. The highest BCUT2D eigenvalue weighted by Crippen LogP contribution is 2.26. The molecule has 2 N–H and O–H groups in total. The molecule has 0 radical (unpaired) electrons. The highest BCUT2D eigenvalue weighted by molar-refractivity contribution is 5.93. The summed E-state index contributed by atoms with van der Waals surface area (Å²) in [6, 6.07) is 13.4. The van der Waals surface area contributed by atoms with Gasteiger partial charge in [0, 0.05) is 23.8 Å². The average Bonchev–Trinajstić information content (AvgIpc) is 3.32. The van der Waals surface area contributed by atoms with Crippen LogP contribution in [0.15, 0.2) is 59.7 Å². The molecule has 8 nitrogen and oxygen atoms in total. The minimum absolute atomic E-state index is 0.0604. The van der Waals surface area contributed by atoms with Gasteiger partial charge in [-0.2, -0.15) is 4.98 Å². The van der Waals surface area contributed by atoms with Crippen LogP contribution < -0.4 is 10.7 Å². The summed E-state index contributed by atoms with van der Waals surface area (Å²) in [5.74, 6) is -0.381. The maximum absolute atomic E-state index is 13.1. The minimum Gasteiger partial charge on any atom is -0.462 e. The number of hydrogen-bond acceptors (Lipinski definition) is 7. The second kappa shape index (κ2) is 9.07. The van der Waals surface area contributed by atoms with Crippen molar-refractivity contribution in [2.75, 3.05) is 11.9 Å². The molecule has 0 spiro atoms. The molecule has 0 fully saturated rings. The summed E-state index contributed by atoms with van der Waals surface area (Å²) in [5, 5.41) is 12.8. The van der Waals surface area contributed by atoms with Gasteiger partial charge in [0.05, 0.1) is 18.6 Å². The molecule has 5 rings (SSSR count). The van der Waals surface area contributed by atoms with Gasteiger partial charge in [0.2, 0.25) is 11.4 Å². The van der Waals surface area contributed by atoms with E-state index < -0.39 is 11.4 Å². The molecule has 0 aliphatic heterocycles. The number of rotatable bonds is 6. The molecule has 2 heterocycles. The van der Waals surface area contributed by atoms with E-state index in [-0.39, 0.29) is 24.2 Å². The first-order valence-electron chi connectivity index (χ1n) is 11.3. The van der Waals surface area contributed by atoms with E-state index in [1.807, 2.05) is 24.3 Å². The van der Waals surface area contributed by atoms with Crippen molar-refractivity contribution in [3.8, 4) is 5.69 Å². The number of fused-ring (bicyclic) bond motifs is 2. The van der Waals surface area contributed by atoms with Gasteiger partial charge in [0.25, 0.3) is 0 Å². The fraction of sp³-hybridized carbons (Fsp3) is 0.231. The van der Waals surface area contributed by atoms with Crippen molar-refractivity contribution in [3.63, 3.8) is 0 Å². The third kappa shape index (κ3) is 4.04. The molecule has 2 aromatic heterocycles. The Morgan fingerprint density at radius 3 is 2.85 bits per heavy atom. The summed E-state index contributed by atoms with van der Waals surface area (Å²) >= 11 is 0. The van der Waals surface area contributed by atoms with Gasteiger partial charge in [0.1, 0.15) is 5.56 Å². The number of anilines is 2. The number of aromatic nitrogens is 3. The lowest BCUT2D eigenvalue weighted by Crippen LogP contribution is -2.21. The number of pyridine rings is 1. The monoisotopic (exact) mass is 456 g/mol. The molecule has 0 bridgehead atoms. The quantitative estimate of drug-likeness (QED) is 0.426. The lowest BCUT2D eigenvalue weighted by atomic mass is 10.1. The Morgan fingerprint density at radius 2 is 2.03 bits per heavy atom.